The molecule has 11 heteroatoms. The second kappa shape index (κ2) is 15.4. The second-order valence-corrected chi connectivity index (χ2v) is 13.2. The van der Waals surface area contributed by atoms with Crippen molar-refractivity contribution in [1.82, 2.24) is 30.6 Å². The predicted octanol–water partition coefficient (Wildman–Crippen LogP) is 7.64. The van der Waals surface area contributed by atoms with E-state index in [0.29, 0.717) is 69.6 Å². The molecule has 1 saturated carbocycles. The summed E-state index contributed by atoms with van der Waals surface area (Å²) in [5.41, 5.74) is 6.96. The Kier molecular flexibility index (Phi) is 10.9. The first-order chi connectivity index (χ1) is 23.3. The monoisotopic (exact) mass is 686 g/mol. The zero-order chi connectivity index (χ0) is 33.6. The maximum atomic E-state index is 11.5. The third-order valence-electron chi connectivity index (χ3n) is 9.11. The van der Waals surface area contributed by atoms with Crippen LogP contribution in [0.4, 0.5) is 0 Å². The molecule has 2 aromatic heterocycles. The molecule has 6 rings (SSSR count). The van der Waals surface area contributed by atoms with Gasteiger partial charge in [0.15, 0.2) is 0 Å². The van der Waals surface area contributed by atoms with Crippen molar-refractivity contribution < 1.29 is 14.3 Å². The van der Waals surface area contributed by atoms with Crippen LogP contribution >= 0.6 is 23.2 Å². The minimum Gasteiger partial charge on any atom is -0.480 e. The summed E-state index contributed by atoms with van der Waals surface area (Å²) < 4.78 is 11.3. The van der Waals surface area contributed by atoms with Gasteiger partial charge in [0.2, 0.25) is 17.7 Å². The average Bonchev–Trinajstić information content (AvgIpc) is 3.72. The van der Waals surface area contributed by atoms with Crippen molar-refractivity contribution in [3.05, 3.63) is 82.4 Å². The molecule has 48 heavy (non-hydrogen) atoms. The minimum atomic E-state index is 0.127. The number of benzene rings is 2. The maximum absolute atomic E-state index is 11.5. The Morgan fingerprint density at radius 1 is 0.875 bits per heavy atom. The van der Waals surface area contributed by atoms with Gasteiger partial charge in [-0.05, 0) is 57.4 Å². The fraction of sp³-hybridized carbons (Fsp3) is 0.378. The zero-order valence-electron chi connectivity index (χ0n) is 27.3. The molecule has 2 fully saturated rings. The first-order valence-electron chi connectivity index (χ1n) is 16.4. The van der Waals surface area contributed by atoms with E-state index in [1.54, 1.807) is 26.6 Å². The van der Waals surface area contributed by atoms with Crippen LogP contribution in [0.5, 0.6) is 11.8 Å². The molecule has 2 atom stereocenters. The third-order valence-corrected chi connectivity index (χ3v) is 9.92. The number of hydrogen-bond acceptors (Lipinski definition) is 8. The van der Waals surface area contributed by atoms with Crippen molar-refractivity contribution in [3.63, 3.8) is 0 Å². The van der Waals surface area contributed by atoms with Gasteiger partial charge >= 0.3 is 0 Å². The summed E-state index contributed by atoms with van der Waals surface area (Å²) in [6.45, 7) is 5.58. The fourth-order valence-corrected chi connectivity index (χ4v) is 7.20. The van der Waals surface area contributed by atoms with Crippen LogP contribution < -0.4 is 20.1 Å². The van der Waals surface area contributed by atoms with E-state index < -0.39 is 0 Å². The summed E-state index contributed by atoms with van der Waals surface area (Å²) in [7, 11) is 3.19. The van der Waals surface area contributed by atoms with Crippen molar-refractivity contribution in [1.29, 1.82) is 0 Å². The smallest absolute Gasteiger partial charge is 0.237 e. The number of hydrogen-bond donors (Lipinski definition) is 2. The number of aryl methyl sites for hydroxylation is 1. The number of allylic oxidation sites excluding steroid dienone is 1. The summed E-state index contributed by atoms with van der Waals surface area (Å²) >= 11 is 14.1. The number of methoxy groups -OCH3 is 2. The molecule has 0 unspecified atom stereocenters. The van der Waals surface area contributed by atoms with Crippen LogP contribution in [0.2, 0.25) is 10.0 Å². The number of nitrogens with zero attached hydrogens (tertiary/aromatic N) is 4. The Labute approximate surface area is 291 Å². The van der Waals surface area contributed by atoms with Gasteiger partial charge < -0.3 is 20.1 Å². The summed E-state index contributed by atoms with van der Waals surface area (Å²) in [5.74, 6) is 1.65. The van der Waals surface area contributed by atoms with E-state index in [1.165, 1.54) is 12.0 Å². The van der Waals surface area contributed by atoms with E-state index in [1.807, 2.05) is 36.4 Å². The Hall–Kier alpha value is -4.05. The molecule has 2 aromatic carbocycles. The van der Waals surface area contributed by atoms with Crippen LogP contribution in [-0.4, -0.2) is 52.6 Å². The predicted molar refractivity (Wildman–Crippen MR) is 189 cm³/mol. The van der Waals surface area contributed by atoms with E-state index in [4.69, 9.17) is 47.6 Å². The first-order valence-corrected chi connectivity index (χ1v) is 17.1. The molecule has 3 heterocycles. The molecule has 250 valence electrons. The Morgan fingerprint density at radius 3 is 2.04 bits per heavy atom. The molecular formula is C37H40Cl2N6O3. The standard InChI is InChI=1S/C37H40Cl2N6O3/c1-22-13-14-23(17-22)18-40-19-32-37(48-3)45-31(21-42-32)28-11-6-9-26(35(28)39)25-8-5-10-27(34(25)38)30-20-41-29(36(44-30)47-2)12-4-7-24-15-16-33(46)43-24/h5-6,8-11,20-21,23-24,40H,1,4,7,12-19H2,2-3H3,(H,43,46)/t23-,24-/m1/s1. The van der Waals surface area contributed by atoms with Gasteiger partial charge in [0.25, 0.3) is 0 Å². The Morgan fingerprint density at radius 2 is 1.48 bits per heavy atom. The number of rotatable bonds is 13. The third kappa shape index (κ3) is 7.64. The van der Waals surface area contributed by atoms with Crippen LogP contribution in [-0.2, 0) is 17.8 Å². The maximum Gasteiger partial charge on any atom is 0.237 e. The van der Waals surface area contributed by atoms with Crippen LogP contribution in [0.1, 0.15) is 56.3 Å². The first kappa shape index (κ1) is 33.8. The summed E-state index contributed by atoms with van der Waals surface area (Å²) in [4.78, 5) is 30.4. The van der Waals surface area contributed by atoms with Crippen LogP contribution in [0.15, 0.2) is 60.9 Å². The molecule has 0 bridgehead atoms. The number of carbonyl (C=O) groups excluding carboxylic acids is 1. The van der Waals surface area contributed by atoms with Crippen LogP contribution in [0.25, 0.3) is 33.6 Å². The molecule has 1 saturated heterocycles. The van der Waals surface area contributed by atoms with Crippen LogP contribution in [0.3, 0.4) is 0 Å². The average molecular weight is 688 g/mol. The molecule has 1 aliphatic heterocycles. The van der Waals surface area contributed by atoms with E-state index in [2.05, 4.69) is 22.2 Å². The SMILES string of the molecule is C=C1CC[C@@H](CNCc2ncc(-c3cccc(-c4cccc(-c5cnc(CCC[C@@H]6CCC(=O)N6)c(OC)n5)c4Cl)c3Cl)nc2OC)C1. The number of halogens is 2. The van der Waals surface area contributed by atoms with Gasteiger partial charge in [-0.15, -0.1) is 0 Å². The van der Waals surface area contributed by atoms with Gasteiger partial charge in [-0.2, -0.15) is 0 Å². The molecule has 2 aliphatic rings. The lowest BCUT2D eigenvalue weighted by Crippen LogP contribution is -2.25. The van der Waals surface area contributed by atoms with Crippen LogP contribution in [0, 0.1) is 5.92 Å². The molecular weight excluding hydrogens is 647 g/mol. The fourth-order valence-electron chi connectivity index (χ4n) is 6.55. The second-order valence-electron chi connectivity index (χ2n) is 12.4. The lowest BCUT2D eigenvalue weighted by molar-refractivity contribution is -0.119. The highest BCUT2D eigenvalue weighted by Crippen LogP contribution is 2.42. The van der Waals surface area contributed by atoms with Gasteiger partial charge in [0.05, 0.1) is 48.0 Å². The number of ether oxygens (including phenoxy) is 2. The number of nitrogens with one attached hydrogen (secondary N) is 2. The molecule has 9 nitrogen and oxygen atoms in total. The number of carbonyl (C=O) groups is 1. The normalized spacial score (nSPS) is 17.5. The van der Waals surface area contributed by atoms with E-state index in [0.717, 1.165) is 61.2 Å². The molecule has 4 aromatic rings. The number of aromatic nitrogens is 4. The molecule has 0 radical (unpaired) electrons. The van der Waals surface area contributed by atoms with E-state index in [9.17, 15) is 4.79 Å². The van der Waals surface area contributed by atoms with Crippen molar-refractivity contribution in [2.24, 2.45) is 5.92 Å². The van der Waals surface area contributed by atoms with Crippen molar-refractivity contribution in [2.75, 3.05) is 20.8 Å². The summed E-state index contributed by atoms with van der Waals surface area (Å²) in [6.07, 6.45) is 10.8. The molecule has 2 N–H and O–H groups in total. The van der Waals surface area contributed by atoms with E-state index in [-0.39, 0.29) is 11.9 Å². The van der Waals surface area contributed by atoms with Gasteiger partial charge in [-0.3, -0.25) is 14.8 Å². The topological polar surface area (TPSA) is 111 Å². The lowest BCUT2D eigenvalue weighted by atomic mass is 9.98. The lowest BCUT2D eigenvalue weighted by Gasteiger charge is -2.15. The van der Waals surface area contributed by atoms with Crippen molar-refractivity contribution >= 4 is 29.1 Å². The quantitative estimate of drug-likeness (QED) is 0.138. The van der Waals surface area contributed by atoms with Gasteiger partial charge in [0, 0.05) is 41.3 Å². The van der Waals surface area contributed by atoms with Gasteiger partial charge in [0.1, 0.15) is 11.4 Å². The zero-order valence-corrected chi connectivity index (χ0v) is 28.8. The summed E-state index contributed by atoms with van der Waals surface area (Å²) in [6, 6.07) is 11.7. The molecule has 1 amide bonds. The molecule has 1 aliphatic carbocycles. The Balaban J connectivity index is 1.20. The minimum absolute atomic E-state index is 0.127. The van der Waals surface area contributed by atoms with Crippen molar-refractivity contribution in [2.45, 2.75) is 64.0 Å². The highest BCUT2D eigenvalue weighted by molar-refractivity contribution is 6.39. The largest absolute Gasteiger partial charge is 0.480 e. The highest BCUT2D eigenvalue weighted by Gasteiger charge is 2.22. The Bertz CT molecular complexity index is 1690. The van der Waals surface area contributed by atoms with E-state index >= 15 is 0 Å². The van der Waals surface area contributed by atoms with Crippen molar-refractivity contribution in [3.8, 4) is 45.4 Å². The summed E-state index contributed by atoms with van der Waals surface area (Å²) in [5, 5.41) is 7.51. The number of amides is 1. The van der Waals surface area contributed by atoms with Gasteiger partial charge in [-0.1, -0.05) is 71.8 Å². The highest BCUT2D eigenvalue weighted by atomic mass is 35.5. The van der Waals surface area contributed by atoms with Gasteiger partial charge in [-0.25, -0.2) is 9.97 Å². The molecule has 0 spiro atoms.